The second kappa shape index (κ2) is 9.58. The van der Waals surface area contributed by atoms with E-state index in [1.807, 2.05) is 13.8 Å². The summed E-state index contributed by atoms with van der Waals surface area (Å²) >= 11 is 0. The van der Waals surface area contributed by atoms with Gasteiger partial charge in [-0.1, -0.05) is 12.8 Å². The highest BCUT2D eigenvalue weighted by atomic mass is 16.5. The minimum atomic E-state index is -0.0730. The van der Waals surface area contributed by atoms with Crippen LogP contribution in [-0.2, 0) is 9.53 Å². The van der Waals surface area contributed by atoms with Gasteiger partial charge >= 0.3 is 6.03 Å². The summed E-state index contributed by atoms with van der Waals surface area (Å²) in [4.78, 5) is 22.6. The van der Waals surface area contributed by atoms with E-state index in [-0.39, 0.29) is 24.0 Å². The van der Waals surface area contributed by atoms with Crippen molar-refractivity contribution in [1.82, 2.24) is 16.0 Å². The van der Waals surface area contributed by atoms with Crippen LogP contribution in [0.1, 0.15) is 46.0 Å². The van der Waals surface area contributed by atoms with E-state index in [9.17, 15) is 9.59 Å². The molecule has 3 amide bonds. The molecule has 0 spiro atoms. The topological polar surface area (TPSA) is 79.5 Å². The van der Waals surface area contributed by atoms with E-state index in [1.54, 1.807) is 0 Å². The highest BCUT2D eigenvalue weighted by Crippen LogP contribution is 2.11. The lowest BCUT2D eigenvalue weighted by molar-refractivity contribution is -0.121. The number of rotatable bonds is 10. The van der Waals surface area contributed by atoms with Gasteiger partial charge in [0, 0.05) is 25.6 Å². The van der Waals surface area contributed by atoms with Crippen LogP contribution in [0.2, 0.25) is 0 Å². The second-order valence-corrected chi connectivity index (χ2v) is 5.16. The molecule has 0 aromatic carbocycles. The van der Waals surface area contributed by atoms with Gasteiger partial charge in [0.2, 0.25) is 5.91 Å². The molecule has 6 nitrogen and oxygen atoms in total. The fourth-order valence-corrected chi connectivity index (χ4v) is 2.29. The molecule has 0 unspecified atom stereocenters. The third-order valence-electron chi connectivity index (χ3n) is 3.47. The predicted molar refractivity (Wildman–Crippen MR) is 77.5 cm³/mol. The first-order valence-corrected chi connectivity index (χ1v) is 7.55. The van der Waals surface area contributed by atoms with Crippen LogP contribution in [0.5, 0.6) is 0 Å². The SMILES string of the molecule is CCOCCNC(=O)CCCCC[C@H]1NC(=O)N[C@H]1C. The number of amides is 3. The fraction of sp³-hybridized carbons (Fsp3) is 0.857. The van der Waals surface area contributed by atoms with E-state index in [0.29, 0.717) is 26.2 Å². The summed E-state index contributed by atoms with van der Waals surface area (Å²) in [6.07, 6.45) is 4.47. The molecule has 1 aliphatic rings. The summed E-state index contributed by atoms with van der Waals surface area (Å²) in [5.74, 6) is 0.0916. The average Bonchev–Trinajstić information content (AvgIpc) is 2.73. The van der Waals surface area contributed by atoms with E-state index in [0.717, 1.165) is 25.7 Å². The van der Waals surface area contributed by atoms with Crippen LogP contribution in [-0.4, -0.2) is 43.8 Å². The molecule has 1 aliphatic heterocycles. The molecule has 0 saturated carbocycles. The fourth-order valence-electron chi connectivity index (χ4n) is 2.29. The monoisotopic (exact) mass is 285 g/mol. The van der Waals surface area contributed by atoms with Crippen LogP contribution in [0.25, 0.3) is 0 Å². The standard InChI is InChI=1S/C14H27N3O3/c1-3-20-10-9-15-13(18)8-6-4-5-7-12-11(2)16-14(19)17-12/h11-12H,3-10H2,1-2H3,(H,15,18)(H2,16,17,19)/t11-,12+/m0/s1. The Morgan fingerprint density at radius 3 is 2.75 bits per heavy atom. The van der Waals surface area contributed by atoms with Gasteiger partial charge in [-0.15, -0.1) is 0 Å². The zero-order chi connectivity index (χ0) is 14.8. The van der Waals surface area contributed by atoms with E-state index in [2.05, 4.69) is 16.0 Å². The summed E-state index contributed by atoms with van der Waals surface area (Å²) in [5, 5.41) is 8.56. The zero-order valence-corrected chi connectivity index (χ0v) is 12.5. The number of hydrogen-bond acceptors (Lipinski definition) is 3. The number of carbonyl (C=O) groups is 2. The Hall–Kier alpha value is -1.30. The molecule has 1 fully saturated rings. The number of nitrogens with one attached hydrogen (secondary N) is 3. The van der Waals surface area contributed by atoms with Crippen molar-refractivity contribution >= 4 is 11.9 Å². The highest BCUT2D eigenvalue weighted by molar-refractivity contribution is 5.77. The van der Waals surface area contributed by atoms with Crippen LogP contribution in [0.3, 0.4) is 0 Å². The lowest BCUT2D eigenvalue weighted by atomic mass is 10.0. The first-order chi connectivity index (χ1) is 9.63. The van der Waals surface area contributed by atoms with Gasteiger partial charge < -0.3 is 20.7 Å². The first-order valence-electron chi connectivity index (χ1n) is 7.55. The maximum absolute atomic E-state index is 11.5. The zero-order valence-electron chi connectivity index (χ0n) is 12.5. The van der Waals surface area contributed by atoms with Crippen molar-refractivity contribution in [3.63, 3.8) is 0 Å². The Labute approximate surface area is 121 Å². The van der Waals surface area contributed by atoms with Crippen molar-refractivity contribution in [2.24, 2.45) is 0 Å². The highest BCUT2D eigenvalue weighted by Gasteiger charge is 2.26. The lowest BCUT2D eigenvalue weighted by Gasteiger charge is -2.13. The minimum Gasteiger partial charge on any atom is -0.380 e. The largest absolute Gasteiger partial charge is 0.380 e. The van der Waals surface area contributed by atoms with Crippen LogP contribution >= 0.6 is 0 Å². The Bertz CT molecular complexity index is 310. The molecule has 0 aromatic heterocycles. The second-order valence-electron chi connectivity index (χ2n) is 5.16. The summed E-state index contributed by atoms with van der Waals surface area (Å²) < 4.78 is 5.15. The normalized spacial score (nSPS) is 21.4. The number of unbranched alkanes of at least 4 members (excludes halogenated alkanes) is 2. The average molecular weight is 285 g/mol. The quantitative estimate of drug-likeness (QED) is 0.527. The maximum atomic E-state index is 11.5. The Balaban J connectivity index is 1.94. The molecule has 116 valence electrons. The van der Waals surface area contributed by atoms with Crippen molar-refractivity contribution in [2.45, 2.75) is 58.0 Å². The van der Waals surface area contributed by atoms with E-state index >= 15 is 0 Å². The van der Waals surface area contributed by atoms with Gasteiger partial charge in [-0.3, -0.25) is 4.79 Å². The number of hydrogen-bond donors (Lipinski definition) is 3. The summed E-state index contributed by atoms with van der Waals surface area (Å²) in [6, 6.07) is 0.350. The molecule has 0 bridgehead atoms. The van der Waals surface area contributed by atoms with Gasteiger partial charge in [0.05, 0.1) is 12.6 Å². The van der Waals surface area contributed by atoms with Gasteiger partial charge in [-0.2, -0.15) is 0 Å². The van der Waals surface area contributed by atoms with Crippen LogP contribution in [0.4, 0.5) is 4.79 Å². The summed E-state index contributed by atoms with van der Waals surface area (Å²) in [5.41, 5.74) is 0. The molecule has 3 N–H and O–H groups in total. The number of ether oxygens (including phenoxy) is 1. The van der Waals surface area contributed by atoms with Crippen molar-refractivity contribution in [3.05, 3.63) is 0 Å². The molecule has 0 radical (unpaired) electrons. The Morgan fingerprint density at radius 2 is 2.10 bits per heavy atom. The van der Waals surface area contributed by atoms with E-state index < -0.39 is 0 Å². The van der Waals surface area contributed by atoms with Gasteiger partial charge in [0.25, 0.3) is 0 Å². The van der Waals surface area contributed by atoms with Gasteiger partial charge in [-0.25, -0.2) is 4.79 Å². The molecular formula is C14H27N3O3. The molecular weight excluding hydrogens is 258 g/mol. The third-order valence-corrected chi connectivity index (χ3v) is 3.47. The molecule has 0 aromatic rings. The first kappa shape index (κ1) is 16.8. The van der Waals surface area contributed by atoms with Crippen LogP contribution in [0, 0.1) is 0 Å². The van der Waals surface area contributed by atoms with Gasteiger partial charge in [0.1, 0.15) is 0 Å². The number of urea groups is 1. The Kier molecular flexibility index (Phi) is 8.02. The number of carbonyl (C=O) groups excluding carboxylic acids is 2. The molecule has 0 aliphatic carbocycles. The van der Waals surface area contributed by atoms with Crippen molar-refractivity contribution < 1.29 is 14.3 Å². The summed E-state index contributed by atoms with van der Waals surface area (Å²) in [7, 11) is 0. The molecule has 2 atom stereocenters. The summed E-state index contributed by atoms with van der Waals surface area (Å²) in [6.45, 7) is 5.79. The van der Waals surface area contributed by atoms with Crippen molar-refractivity contribution in [2.75, 3.05) is 19.8 Å². The third kappa shape index (κ3) is 6.75. The van der Waals surface area contributed by atoms with Crippen molar-refractivity contribution in [3.8, 4) is 0 Å². The maximum Gasteiger partial charge on any atom is 0.315 e. The molecule has 1 rings (SSSR count). The molecule has 1 saturated heterocycles. The molecule has 20 heavy (non-hydrogen) atoms. The molecule has 1 heterocycles. The van der Waals surface area contributed by atoms with Gasteiger partial charge in [0.15, 0.2) is 0 Å². The van der Waals surface area contributed by atoms with Crippen molar-refractivity contribution in [1.29, 1.82) is 0 Å². The van der Waals surface area contributed by atoms with Crippen LogP contribution < -0.4 is 16.0 Å². The van der Waals surface area contributed by atoms with Gasteiger partial charge in [-0.05, 0) is 26.7 Å². The Morgan fingerprint density at radius 1 is 1.30 bits per heavy atom. The lowest BCUT2D eigenvalue weighted by Crippen LogP contribution is -2.30. The van der Waals surface area contributed by atoms with E-state index in [4.69, 9.17) is 4.74 Å². The molecule has 6 heteroatoms. The van der Waals surface area contributed by atoms with E-state index in [1.165, 1.54) is 0 Å². The van der Waals surface area contributed by atoms with Crippen LogP contribution in [0.15, 0.2) is 0 Å². The smallest absolute Gasteiger partial charge is 0.315 e. The minimum absolute atomic E-state index is 0.0730. The predicted octanol–water partition coefficient (Wildman–Crippen LogP) is 1.16.